The normalized spacial score (nSPS) is 26.6. The average Bonchev–Trinajstić information content (AvgIpc) is 2.40. The van der Waals surface area contributed by atoms with E-state index in [0.717, 1.165) is 19.3 Å². The molecule has 0 radical (unpaired) electrons. The van der Waals surface area contributed by atoms with Crippen LogP contribution in [-0.4, -0.2) is 10.7 Å². The van der Waals surface area contributed by atoms with Gasteiger partial charge in [0.1, 0.15) is 0 Å². The Hall–Kier alpha value is -0.820. The van der Waals surface area contributed by atoms with Crippen LogP contribution in [0.25, 0.3) is 0 Å². The summed E-state index contributed by atoms with van der Waals surface area (Å²) in [6, 6.07) is 8.86. The van der Waals surface area contributed by atoms with Crippen molar-refractivity contribution in [2.45, 2.75) is 69.3 Å². The minimum Gasteiger partial charge on any atom is -0.390 e. The minimum atomic E-state index is -0.368. The van der Waals surface area contributed by atoms with E-state index in [1.54, 1.807) is 0 Å². The zero-order valence-corrected chi connectivity index (χ0v) is 11.2. The summed E-state index contributed by atoms with van der Waals surface area (Å²) in [6.07, 6.45) is 10.5. The Balaban J connectivity index is 1.77. The van der Waals surface area contributed by atoms with Crippen LogP contribution in [0.2, 0.25) is 0 Å². The standard InChI is InChI=1S/C17H24O/c18-17(11-4-1-5-12-17)13-15-9-6-8-14-7-2-3-10-16(14)15/h2-3,7,10,15,18H,1,4-6,8-9,11-13H2. The van der Waals surface area contributed by atoms with E-state index in [4.69, 9.17) is 0 Å². The third kappa shape index (κ3) is 2.47. The largest absolute Gasteiger partial charge is 0.390 e. The van der Waals surface area contributed by atoms with Gasteiger partial charge >= 0.3 is 0 Å². The van der Waals surface area contributed by atoms with Gasteiger partial charge in [-0.15, -0.1) is 0 Å². The fourth-order valence-corrected chi connectivity index (χ4v) is 3.94. The molecule has 1 aromatic rings. The Morgan fingerprint density at radius 1 is 1.06 bits per heavy atom. The van der Waals surface area contributed by atoms with Crippen molar-refractivity contribution in [2.24, 2.45) is 0 Å². The molecular formula is C17H24O. The van der Waals surface area contributed by atoms with E-state index in [1.165, 1.54) is 49.7 Å². The fourth-order valence-electron chi connectivity index (χ4n) is 3.94. The van der Waals surface area contributed by atoms with Crippen molar-refractivity contribution in [3.05, 3.63) is 35.4 Å². The minimum absolute atomic E-state index is 0.368. The summed E-state index contributed by atoms with van der Waals surface area (Å²) in [7, 11) is 0. The molecule has 0 aliphatic heterocycles. The lowest BCUT2D eigenvalue weighted by atomic mass is 9.72. The van der Waals surface area contributed by atoms with E-state index >= 15 is 0 Å². The molecule has 18 heavy (non-hydrogen) atoms. The van der Waals surface area contributed by atoms with Gasteiger partial charge < -0.3 is 5.11 Å². The number of aliphatic hydroxyl groups is 1. The van der Waals surface area contributed by atoms with Gasteiger partial charge in [0.05, 0.1) is 5.60 Å². The van der Waals surface area contributed by atoms with Crippen molar-refractivity contribution in [1.29, 1.82) is 0 Å². The Kier molecular flexibility index (Phi) is 3.43. The molecule has 1 fully saturated rings. The molecule has 1 heteroatoms. The second kappa shape index (κ2) is 5.05. The van der Waals surface area contributed by atoms with Crippen LogP contribution in [0, 0.1) is 0 Å². The number of aryl methyl sites for hydroxylation is 1. The van der Waals surface area contributed by atoms with Gasteiger partial charge in [0, 0.05) is 0 Å². The van der Waals surface area contributed by atoms with E-state index in [2.05, 4.69) is 24.3 Å². The Morgan fingerprint density at radius 2 is 1.83 bits per heavy atom. The zero-order valence-electron chi connectivity index (χ0n) is 11.2. The topological polar surface area (TPSA) is 20.2 Å². The molecule has 1 saturated carbocycles. The molecule has 3 rings (SSSR count). The van der Waals surface area contributed by atoms with Gasteiger partial charge in [0.25, 0.3) is 0 Å². The predicted molar refractivity (Wildman–Crippen MR) is 74.8 cm³/mol. The van der Waals surface area contributed by atoms with Crippen LogP contribution < -0.4 is 0 Å². The molecule has 1 aromatic carbocycles. The highest BCUT2D eigenvalue weighted by Crippen LogP contribution is 2.41. The first-order valence-electron chi connectivity index (χ1n) is 7.57. The van der Waals surface area contributed by atoms with E-state index < -0.39 is 0 Å². The number of fused-ring (bicyclic) bond motifs is 1. The van der Waals surface area contributed by atoms with Crippen LogP contribution in [0.3, 0.4) is 0 Å². The summed E-state index contributed by atoms with van der Waals surface area (Å²) >= 11 is 0. The quantitative estimate of drug-likeness (QED) is 0.827. The van der Waals surface area contributed by atoms with Crippen LogP contribution >= 0.6 is 0 Å². The van der Waals surface area contributed by atoms with Gasteiger partial charge in [-0.25, -0.2) is 0 Å². The monoisotopic (exact) mass is 244 g/mol. The molecule has 1 atom stereocenters. The van der Waals surface area contributed by atoms with Crippen LogP contribution in [0.1, 0.15) is 68.4 Å². The van der Waals surface area contributed by atoms with Gasteiger partial charge in [-0.2, -0.15) is 0 Å². The van der Waals surface area contributed by atoms with Gasteiger partial charge in [-0.3, -0.25) is 0 Å². The first-order valence-corrected chi connectivity index (χ1v) is 7.57. The van der Waals surface area contributed by atoms with Crippen molar-refractivity contribution < 1.29 is 5.11 Å². The Morgan fingerprint density at radius 3 is 2.67 bits per heavy atom. The molecule has 0 spiro atoms. The van der Waals surface area contributed by atoms with Gasteiger partial charge in [-0.05, 0) is 55.6 Å². The zero-order chi connectivity index (χ0) is 12.4. The molecule has 2 aliphatic carbocycles. The van der Waals surface area contributed by atoms with Crippen molar-refractivity contribution in [2.75, 3.05) is 0 Å². The molecule has 0 aromatic heterocycles. The second-order valence-electron chi connectivity index (χ2n) is 6.28. The lowest BCUT2D eigenvalue weighted by Crippen LogP contribution is -2.34. The lowest BCUT2D eigenvalue weighted by molar-refractivity contribution is -0.0111. The molecule has 0 saturated heterocycles. The molecule has 0 bridgehead atoms. The summed E-state index contributed by atoms with van der Waals surface area (Å²) in [5.41, 5.74) is 2.67. The molecule has 1 unspecified atom stereocenters. The van der Waals surface area contributed by atoms with Crippen molar-refractivity contribution in [3.8, 4) is 0 Å². The van der Waals surface area contributed by atoms with Crippen LogP contribution in [0.15, 0.2) is 24.3 Å². The highest BCUT2D eigenvalue weighted by Gasteiger charge is 2.33. The molecule has 98 valence electrons. The maximum Gasteiger partial charge on any atom is 0.0653 e. The summed E-state index contributed by atoms with van der Waals surface area (Å²) in [4.78, 5) is 0. The first-order chi connectivity index (χ1) is 8.77. The van der Waals surface area contributed by atoms with Gasteiger partial charge in [0.15, 0.2) is 0 Å². The third-order valence-corrected chi connectivity index (χ3v) is 4.90. The van der Waals surface area contributed by atoms with Crippen LogP contribution in [0.4, 0.5) is 0 Å². The summed E-state index contributed by atoms with van der Waals surface area (Å²) in [6.45, 7) is 0. The van der Waals surface area contributed by atoms with E-state index in [-0.39, 0.29) is 5.60 Å². The summed E-state index contributed by atoms with van der Waals surface area (Å²) in [5, 5.41) is 10.7. The molecule has 2 aliphatic rings. The Bertz CT molecular complexity index is 404. The van der Waals surface area contributed by atoms with Gasteiger partial charge in [0.2, 0.25) is 0 Å². The lowest BCUT2D eigenvalue weighted by Gasteiger charge is -2.37. The molecule has 0 amide bonds. The number of hydrogen-bond donors (Lipinski definition) is 1. The maximum absolute atomic E-state index is 10.7. The second-order valence-corrected chi connectivity index (χ2v) is 6.28. The summed E-state index contributed by atoms with van der Waals surface area (Å²) < 4.78 is 0. The first kappa shape index (κ1) is 12.2. The molecular weight excluding hydrogens is 220 g/mol. The van der Waals surface area contributed by atoms with Crippen molar-refractivity contribution >= 4 is 0 Å². The maximum atomic E-state index is 10.7. The predicted octanol–water partition coefficient (Wildman–Crippen LogP) is 4.19. The number of hydrogen-bond acceptors (Lipinski definition) is 1. The van der Waals surface area contributed by atoms with E-state index in [0.29, 0.717) is 5.92 Å². The number of rotatable bonds is 2. The highest BCUT2D eigenvalue weighted by atomic mass is 16.3. The summed E-state index contributed by atoms with van der Waals surface area (Å²) in [5.74, 6) is 0.595. The molecule has 0 heterocycles. The fraction of sp³-hybridized carbons (Fsp3) is 0.647. The van der Waals surface area contributed by atoms with Crippen molar-refractivity contribution in [3.63, 3.8) is 0 Å². The van der Waals surface area contributed by atoms with Crippen LogP contribution in [-0.2, 0) is 6.42 Å². The van der Waals surface area contributed by atoms with Gasteiger partial charge in [-0.1, -0.05) is 43.5 Å². The molecule has 1 N–H and O–H groups in total. The average molecular weight is 244 g/mol. The van der Waals surface area contributed by atoms with Crippen molar-refractivity contribution in [1.82, 2.24) is 0 Å². The van der Waals surface area contributed by atoms with E-state index in [1.807, 2.05) is 0 Å². The Labute approximate surface area is 110 Å². The highest BCUT2D eigenvalue weighted by molar-refractivity contribution is 5.32. The van der Waals surface area contributed by atoms with Crippen LogP contribution in [0.5, 0.6) is 0 Å². The number of benzene rings is 1. The smallest absolute Gasteiger partial charge is 0.0653 e. The third-order valence-electron chi connectivity index (χ3n) is 4.90. The SMILES string of the molecule is OC1(CC2CCCc3ccccc32)CCCCC1. The molecule has 1 nitrogen and oxygen atoms in total. The van der Waals surface area contributed by atoms with E-state index in [9.17, 15) is 5.11 Å².